The van der Waals surface area contributed by atoms with Crippen LogP contribution in [0.25, 0.3) is 0 Å². The predicted molar refractivity (Wildman–Crippen MR) is 82.1 cm³/mol. The Labute approximate surface area is 129 Å². The lowest BCUT2D eigenvalue weighted by molar-refractivity contribution is -0.137. The zero-order valence-electron chi connectivity index (χ0n) is 11.3. The molecule has 0 radical (unpaired) electrons. The summed E-state index contributed by atoms with van der Waals surface area (Å²) in [5, 5.41) is 5.76. The minimum atomic E-state index is -4.30. The van der Waals surface area contributed by atoms with E-state index in [1.54, 1.807) is 17.4 Å². The second kappa shape index (κ2) is 5.57. The van der Waals surface area contributed by atoms with Crippen LogP contribution < -0.4 is 5.32 Å². The van der Waals surface area contributed by atoms with Crippen LogP contribution in [0.3, 0.4) is 0 Å². The first-order valence-electron chi connectivity index (χ1n) is 6.61. The molecule has 0 spiro atoms. The van der Waals surface area contributed by atoms with E-state index < -0.39 is 11.7 Å². The van der Waals surface area contributed by atoms with Crippen LogP contribution in [0.5, 0.6) is 0 Å². The van der Waals surface area contributed by atoms with Gasteiger partial charge in [0.05, 0.1) is 15.8 Å². The van der Waals surface area contributed by atoms with Crippen molar-refractivity contribution in [1.82, 2.24) is 0 Å². The molecule has 1 N–H and O–H groups in total. The Morgan fingerprint density at radius 3 is 2.81 bits per heavy atom. The molecule has 0 bridgehead atoms. The largest absolute Gasteiger partial charge is 0.416 e. The topological polar surface area (TPSA) is 12.0 Å². The first kappa shape index (κ1) is 14.8. The number of hydrogen-bond donors (Lipinski definition) is 1. The molecular weight excluding hydrogens is 315 g/mol. The van der Waals surface area contributed by atoms with Gasteiger partial charge in [-0.1, -0.05) is 13.0 Å². The second-order valence-electron chi connectivity index (χ2n) is 5.10. The van der Waals surface area contributed by atoms with Crippen molar-refractivity contribution in [2.75, 3.05) is 5.32 Å². The van der Waals surface area contributed by atoms with E-state index in [1.807, 2.05) is 17.1 Å². The van der Waals surface area contributed by atoms with Gasteiger partial charge in [0, 0.05) is 10.9 Å². The van der Waals surface area contributed by atoms with E-state index in [9.17, 15) is 13.2 Å². The molecule has 2 heterocycles. The van der Waals surface area contributed by atoms with E-state index in [0.29, 0.717) is 10.9 Å². The predicted octanol–water partition coefficient (Wildman–Crippen LogP) is 5.80. The lowest BCUT2D eigenvalue weighted by Crippen LogP contribution is -2.19. The van der Waals surface area contributed by atoms with Crippen molar-refractivity contribution >= 4 is 28.8 Å². The number of hydrogen-bond acceptors (Lipinski definition) is 3. The molecule has 0 amide bonds. The zero-order chi connectivity index (χ0) is 15.0. The van der Waals surface area contributed by atoms with Gasteiger partial charge in [0.15, 0.2) is 0 Å². The molecule has 112 valence electrons. The highest BCUT2D eigenvalue weighted by Gasteiger charge is 2.31. The fourth-order valence-corrected chi connectivity index (χ4v) is 5.04. The molecule has 2 atom stereocenters. The van der Waals surface area contributed by atoms with Gasteiger partial charge in [0.2, 0.25) is 0 Å². The Kier molecular flexibility index (Phi) is 3.92. The molecule has 3 rings (SSSR count). The molecule has 1 aliphatic heterocycles. The van der Waals surface area contributed by atoms with Gasteiger partial charge < -0.3 is 5.32 Å². The van der Waals surface area contributed by atoms with Gasteiger partial charge >= 0.3 is 6.18 Å². The Balaban J connectivity index is 1.85. The molecule has 0 saturated heterocycles. The summed E-state index contributed by atoms with van der Waals surface area (Å²) in [6.45, 7) is 2.15. The Morgan fingerprint density at radius 2 is 2.05 bits per heavy atom. The van der Waals surface area contributed by atoms with E-state index in [-0.39, 0.29) is 6.04 Å². The molecule has 1 nitrogen and oxygen atoms in total. The number of thiophene rings is 1. The summed E-state index contributed by atoms with van der Waals surface area (Å²) in [5.74, 6) is 0. The summed E-state index contributed by atoms with van der Waals surface area (Å²) in [6.07, 6.45) is -3.40. The number of fused-ring (bicyclic) bond motifs is 1. The molecule has 1 aliphatic rings. The number of nitrogens with one attached hydrogen (secondary N) is 1. The van der Waals surface area contributed by atoms with Crippen LogP contribution in [0.4, 0.5) is 18.9 Å². The Morgan fingerprint density at radius 1 is 1.24 bits per heavy atom. The number of thioether (sulfide) groups is 1. The highest BCUT2D eigenvalue weighted by molar-refractivity contribution is 8.01. The van der Waals surface area contributed by atoms with E-state index >= 15 is 0 Å². The summed E-state index contributed by atoms with van der Waals surface area (Å²) in [7, 11) is 0. The smallest absolute Gasteiger partial charge is 0.378 e. The van der Waals surface area contributed by atoms with Crippen molar-refractivity contribution in [1.29, 1.82) is 0 Å². The molecule has 1 aromatic heterocycles. The van der Waals surface area contributed by atoms with Crippen LogP contribution in [-0.4, -0.2) is 5.25 Å². The summed E-state index contributed by atoms with van der Waals surface area (Å²) in [6, 6.07) is 7.54. The zero-order valence-corrected chi connectivity index (χ0v) is 12.9. The maximum atomic E-state index is 12.8. The second-order valence-corrected chi connectivity index (χ2v) is 7.73. The average molecular weight is 329 g/mol. The van der Waals surface area contributed by atoms with Crippen molar-refractivity contribution in [2.24, 2.45) is 0 Å². The maximum absolute atomic E-state index is 12.8. The van der Waals surface area contributed by atoms with Crippen LogP contribution in [0.1, 0.15) is 30.5 Å². The summed E-state index contributed by atoms with van der Waals surface area (Å²) in [5.41, 5.74) is 1.10. The fraction of sp³-hybridized carbons (Fsp3) is 0.333. The molecule has 0 saturated carbocycles. The van der Waals surface area contributed by atoms with Gasteiger partial charge in [-0.05, 0) is 41.6 Å². The molecule has 1 aromatic carbocycles. The number of alkyl halides is 3. The van der Waals surface area contributed by atoms with Crippen molar-refractivity contribution in [2.45, 2.75) is 35.0 Å². The summed E-state index contributed by atoms with van der Waals surface area (Å²) >= 11 is 3.53. The number of rotatable bonds is 2. The molecule has 1 unspecified atom stereocenters. The molecule has 0 aliphatic carbocycles. The quantitative estimate of drug-likeness (QED) is 0.747. The van der Waals surface area contributed by atoms with Gasteiger partial charge in [-0.15, -0.1) is 23.1 Å². The minimum absolute atomic E-state index is 0.0750. The van der Waals surface area contributed by atoms with Crippen LogP contribution in [0, 0.1) is 0 Å². The van der Waals surface area contributed by atoms with Crippen molar-refractivity contribution in [3.8, 4) is 0 Å². The van der Waals surface area contributed by atoms with Crippen LogP contribution in [-0.2, 0) is 6.18 Å². The first-order chi connectivity index (χ1) is 9.93. The third kappa shape index (κ3) is 3.21. The highest BCUT2D eigenvalue weighted by atomic mass is 32.2. The third-order valence-electron chi connectivity index (χ3n) is 3.44. The van der Waals surface area contributed by atoms with Crippen molar-refractivity contribution < 1.29 is 13.2 Å². The monoisotopic (exact) mass is 329 g/mol. The van der Waals surface area contributed by atoms with Crippen molar-refractivity contribution in [3.63, 3.8) is 0 Å². The fourth-order valence-electron chi connectivity index (χ4n) is 2.47. The molecule has 2 aromatic rings. The van der Waals surface area contributed by atoms with E-state index in [0.717, 1.165) is 12.5 Å². The van der Waals surface area contributed by atoms with Crippen LogP contribution in [0.15, 0.2) is 39.9 Å². The molecule has 21 heavy (non-hydrogen) atoms. The minimum Gasteiger partial charge on any atom is -0.378 e. The van der Waals surface area contributed by atoms with Gasteiger partial charge in [-0.2, -0.15) is 13.2 Å². The molecule has 6 heteroatoms. The third-order valence-corrected chi connectivity index (χ3v) is 5.78. The Hall–Kier alpha value is -1.14. The number of anilines is 1. The number of benzene rings is 1. The van der Waals surface area contributed by atoms with Gasteiger partial charge in [-0.3, -0.25) is 0 Å². The van der Waals surface area contributed by atoms with E-state index in [4.69, 9.17) is 0 Å². The summed E-state index contributed by atoms with van der Waals surface area (Å²) in [4.78, 5) is 0. The van der Waals surface area contributed by atoms with Crippen LogP contribution in [0.2, 0.25) is 0 Å². The van der Waals surface area contributed by atoms with E-state index in [2.05, 4.69) is 18.3 Å². The van der Waals surface area contributed by atoms with Crippen LogP contribution >= 0.6 is 23.1 Å². The lowest BCUT2D eigenvalue weighted by Gasteiger charge is -2.28. The Bertz CT molecular complexity index is 636. The normalized spacial score (nSPS) is 21.9. The maximum Gasteiger partial charge on any atom is 0.416 e. The average Bonchev–Trinajstić information content (AvgIpc) is 2.86. The lowest BCUT2D eigenvalue weighted by atomic mass is 10.0. The van der Waals surface area contributed by atoms with Gasteiger partial charge in [-0.25, -0.2) is 0 Å². The van der Waals surface area contributed by atoms with Crippen molar-refractivity contribution in [3.05, 3.63) is 46.8 Å². The van der Waals surface area contributed by atoms with E-state index in [1.165, 1.54) is 21.9 Å². The number of halogens is 3. The van der Waals surface area contributed by atoms with Gasteiger partial charge in [0.25, 0.3) is 0 Å². The standard InChI is InChI=1S/C15H14F3NS2/c1-9-7-13(12-5-6-20-14(12)21-9)19-11-4-2-3-10(8-11)15(16,17)18/h2-6,8-9,13,19H,7H2,1H3/t9-,13?/m0/s1. The van der Waals surface area contributed by atoms with Gasteiger partial charge in [0.1, 0.15) is 0 Å². The SMILES string of the molecule is C[C@H]1CC(Nc2cccc(C(F)(F)F)c2)c2ccsc2S1. The highest BCUT2D eigenvalue weighted by Crippen LogP contribution is 2.45. The summed E-state index contributed by atoms with van der Waals surface area (Å²) < 4.78 is 39.6. The molecule has 0 fully saturated rings. The molecular formula is C15H14F3NS2. The first-order valence-corrected chi connectivity index (χ1v) is 8.37.